The summed E-state index contributed by atoms with van der Waals surface area (Å²) in [6, 6.07) is 17.8. The van der Waals surface area contributed by atoms with Gasteiger partial charge in [-0.05, 0) is 11.5 Å². The predicted molar refractivity (Wildman–Crippen MR) is 86.3 cm³/mol. The first-order valence-corrected chi connectivity index (χ1v) is 7.43. The summed E-state index contributed by atoms with van der Waals surface area (Å²) in [5.41, 5.74) is 0.706. The summed E-state index contributed by atoms with van der Waals surface area (Å²) in [7, 11) is 0. The second kappa shape index (κ2) is 7.00. The molecular formula is C19H15FNO3+. The normalized spacial score (nSPS) is 10.5. The highest BCUT2D eigenvalue weighted by atomic mass is 19.1. The lowest BCUT2D eigenvalue weighted by atomic mass is 10.1. The average molecular weight is 324 g/mol. The van der Waals surface area contributed by atoms with Gasteiger partial charge in [0.15, 0.2) is 6.20 Å². The van der Waals surface area contributed by atoms with Crippen LogP contribution >= 0.6 is 0 Å². The Balaban J connectivity index is 2.05. The molecule has 5 heteroatoms. The third kappa shape index (κ3) is 3.15. The monoisotopic (exact) mass is 324 g/mol. The second-order valence-electron chi connectivity index (χ2n) is 5.21. The molecule has 3 rings (SSSR count). The Hall–Kier alpha value is -3.08. The van der Waals surface area contributed by atoms with E-state index in [9.17, 15) is 14.0 Å². The van der Waals surface area contributed by atoms with Gasteiger partial charge in [-0.3, -0.25) is 4.79 Å². The van der Waals surface area contributed by atoms with Crippen LogP contribution in [-0.4, -0.2) is 18.6 Å². The number of pyridine rings is 1. The summed E-state index contributed by atoms with van der Waals surface area (Å²) in [5.74, 6) is -0.944. The molecule has 0 radical (unpaired) electrons. The molecule has 0 saturated heterocycles. The van der Waals surface area contributed by atoms with Crippen LogP contribution in [0, 0.1) is 0 Å². The van der Waals surface area contributed by atoms with E-state index in [1.807, 2.05) is 18.2 Å². The van der Waals surface area contributed by atoms with Gasteiger partial charge >= 0.3 is 5.97 Å². The quantitative estimate of drug-likeness (QED) is 0.412. The van der Waals surface area contributed by atoms with Crippen LogP contribution in [0.15, 0.2) is 66.9 Å². The number of nitrogens with zero attached hydrogens (tertiary/aromatic N) is 1. The van der Waals surface area contributed by atoms with Crippen molar-refractivity contribution in [3.8, 4) is 0 Å². The van der Waals surface area contributed by atoms with Gasteiger partial charge in [-0.2, -0.15) is 4.57 Å². The van der Waals surface area contributed by atoms with E-state index in [0.717, 1.165) is 5.39 Å². The van der Waals surface area contributed by atoms with E-state index in [1.165, 1.54) is 4.57 Å². The maximum atomic E-state index is 12.5. The van der Waals surface area contributed by atoms with Crippen LogP contribution in [0.5, 0.6) is 0 Å². The van der Waals surface area contributed by atoms with Crippen LogP contribution in [0.1, 0.15) is 20.8 Å². The van der Waals surface area contributed by atoms with Crippen LogP contribution in [0.2, 0.25) is 0 Å². The zero-order valence-electron chi connectivity index (χ0n) is 12.8. The molecule has 1 aromatic heterocycles. The van der Waals surface area contributed by atoms with Crippen molar-refractivity contribution >= 4 is 22.5 Å². The van der Waals surface area contributed by atoms with Gasteiger partial charge in [0.25, 0.3) is 5.69 Å². The first-order chi connectivity index (χ1) is 11.7. The lowest BCUT2D eigenvalue weighted by Crippen LogP contribution is -2.44. The summed E-state index contributed by atoms with van der Waals surface area (Å²) in [6.07, 6.45) is 1.64. The lowest BCUT2D eigenvalue weighted by molar-refractivity contribution is -0.684. The maximum Gasteiger partial charge on any atom is 0.406 e. The molecule has 0 atom stereocenters. The van der Waals surface area contributed by atoms with Gasteiger partial charge in [0.2, 0.25) is 19.2 Å². The third-order valence-electron chi connectivity index (χ3n) is 3.73. The van der Waals surface area contributed by atoms with Crippen molar-refractivity contribution in [3.05, 3.63) is 78.1 Å². The van der Waals surface area contributed by atoms with E-state index >= 15 is 0 Å². The van der Waals surface area contributed by atoms with Gasteiger partial charge in [-0.25, -0.2) is 9.18 Å². The first-order valence-electron chi connectivity index (χ1n) is 7.43. The molecule has 0 spiro atoms. The zero-order valence-corrected chi connectivity index (χ0v) is 12.8. The van der Waals surface area contributed by atoms with Crippen molar-refractivity contribution in [2.75, 3.05) is 6.86 Å². The summed E-state index contributed by atoms with van der Waals surface area (Å²) in [6.45, 7) is -1.25. The highest BCUT2D eigenvalue weighted by Gasteiger charge is 2.26. The number of fused-ring (bicyclic) bond motifs is 1. The molecule has 24 heavy (non-hydrogen) atoms. The van der Waals surface area contributed by atoms with Gasteiger partial charge in [0.05, 0.1) is 5.39 Å². The fourth-order valence-corrected chi connectivity index (χ4v) is 2.60. The SMILES string of the molecule is O=C(C[n+]1ccc2ccccc2c1C(=O)OCF)c1ccccc1. The number of aromatic nitrogens is 1. The van der Waals surface area contributed by atoms with Crippen molar-refractivity contribution < 1.29 is 23.3 Å². The Bertz CT molecular complexity index is 894. The molecule has 0 bridgehead atoms. The van der Waals surface area contributed by atoms with Crippen molar-refractivity contribution in [1.82, 2.24) is 0 Å². The Labute approximate surface area is 138 Å². The van der Waals surface area contributed by atoms with Gasteiger partial charge in [0, 0.05) is 11.6 Å². The topological polar surface area (TPSA) is 47.2 Å². The van der Waals surface area contributed by atoms with Crippen LogP contribution in [-0.2, 0) is 11.3 Å². The molecular weight excluding hydrogens is 309 g/mol. The largest absolute Gasteiger partial charge is 0.426 e. The minimum absolute atomic E-state index is 0.0361. The molecule has 0 unspecified atom stereocenters. The number of hydrogen-bond acceptors (Lipinski definition) is 3. The number of ether oxygens (including phenoxy) is 1. The predicted octanol–water partition coefficient (Wildman–Crippen LogP) is 3.09. The van der Waals surface area contributed by atoms with Crippen LogP contribution in [0.4, 0.5) is 4.39 Å². The minimum Gasteiger partial charge on any atom is -0.426 e. The van der Waals surface area contributed by atoms with Gasteiger partial charge in [-0.1, -0.05) is 48.5 Å². The zero-order chi connectivity index (χ0) is 16.9. The fourth-order valence-electron chi connectivity index (χ4n) is 2.60. The molecule has 0 aliphatic rings. The lowest BCUT2D eigenvalue weighted by Gasteiger charge is -2.06. The molecule has 0 fully saturated rings. The summed E-state index contributed by atoms with van der Waals surface area (Å²) in [5, 5.41) is 1.42. The molecule has 0 saturated carbocycles. The van der Waals surface area contributed by atoms with E-state index in [-0.39, 0.29) is 18.0 Å². The number of ketones is 1. The Kier molecular flexibility index (Phi) is 4.61. The Morgan fingerprint density at radius 3 is 2.42 bits per heavy atom. The highest BCUT2D eigenvalue weighted by molar-refractivity contribution is 6.01. The molecule has 120 valence electrons. The number of rotatable bonds is 5. The van der Waals surface area contributed by atoms with Crippen molar-refractivity contribution in [1.29, 1.82) is 0 Å². The maximum absolute atomic E-state index is 12.5. The average Bonchev–Trinajstić information content (AvgIpc) is 2.62. The fraction of sp³-hybridized carbons (Fsp3) is 0.105. The van der Waals surface area contributed by atoms with Crippen LogP contribution in [0.3, 0.4) is 0 Å². The van der Waals surface area contributed by atoms with E-state index in [2.05, 4.69) is 4.74 Å². The molecule has 4 nitrogen and oxygen atoms in total. The molecule has 0 aliphatic carbocycles. The molecule has 0 amide bonds. The summed E-state index contributed by atoms with van der Waals surface area (Å²) >= 11 is 0. The van der Waals surface area contributed by atoms with E-state index in [1.54, 1.807) is 48.7 Å². The molecule has 0 aliphatic heterocycles. The van der Waals surface area contributed by atoms with Crippen LogP contribution in [0.25, 0.3) is 10.8 Å². The van der Waals surface area contributed by atoms with Crippen molar-refractivity contribution in [2.45, 2.75) is 6.54 Å². The molecule has 3 aromatic rings. The number of Topliss-reactive ketones (excluding diaryl/α,β-unsaturated/α-hetero) is 1. The smallest absolute Gasteiger partial charge is 0.406 e. The van der Waals surface area contributed by atoms with E-state index in [4.69, 9.17) is 0 Å². The standard InChI is InChI=1S/C19H15FNO3/c20-13-24-19(23)18-16-9-5-4-6-14(16)10-11-21(18)12-17(22)15-7-2-1-3-8-15/h1-11H,12-13H2/q+1. The Morgan fingerprint density at radius 1 is 0.958 bits per heavy atom. The van der Waals surface area contributed by atoms with Crippen molar-refractivity contribution in [3.63, 3.8) is 0 Å². The number of halogens is 1. The van der Waals surface area contributed by atoms with Gasteiger partial charge in [-0.15, -0.1) is 0 Å². The number of alkyl halides is 1. The van der Waals surface area contributed by atoms with E-state index in [0.29, 0.717) is 10.9 Å². The van der Waals surface area contributed by atoms with Gasteiger partial charge in [0.1, 0.15) is 0 Å². The number of benzene rings is 2. The molecule has 0 N–H and O–H groups in total. The number of esters is 1. The van der Waals surface area contributed by atoms with Gasteiger partial charge < -0.3 is 4.74 Å². The third-order valence-corrected chi connectivity index (χ3v) is 3.73. The van der Waals surface area contributed by atoms with E-state index < -0.39 is 12.8 Å². The first kappa shape index (κ1) is 15.8. The minimum atomic E-state index is -1.21. The molecule has 1 heterocycles. The highest BCUT2D eigenvalue weighted by Crippen LogP contribution is 2.16. The number of hydrogen-bond donors (Lipinski definition) is 0. The molecule has 2 aromatic carbocycles. The summed E-state index contributed by atoms with van der Waals surface area (Å²) < 4.78 is 18.5. The van der Waals surface area contributed by atoms with Crippen LogP contribution < -0.4 is 4.57 Å². The van der Waals surface area contributed by atoms with Crippen molar-refractivity contribution in [2.24, 2.45) is 0 Å². The summed E-state index contributed by atoms with van der Waals surface area (Å²) in [4.78, 5) is 24.6. The second-order valence-corrected chi connectivity index (χ2v) is 5.21. The Morgan fingerprint density at radius 2 is 1.67 bits per heavy atom. The number of carbonyl (C=O) groups excluding carboxylic acids is 2. The number of carbonyl (C=O) groups is 2.